The molecule has 106 valence electrons. The first-order chi connectivity index (χ1) is 9.04. The second-order valence-electron chi connectivity index (χ2n) is 5.31. The first-order valence-corrected chi connectivity index (χ1v) is 7.60. The zero-order chi connectivity index (χ0) is 13.8. The predicted molar refractivity (Wildman–Crippen MR) is 78.1 cm³/mol. The molecule has 0 unspecified atom stereocenters. The van der Waals surface area contributed by atoms with Crippen molar-refractivity contribution in [1.82, 2.24) is 9.88 Å². The third kappa shape index (κ3) is 4.26. The van der Waals surface area contributed by atoms with Gasteiger partial charge in [-0.3, -0.25) is 9.69 Å². The summed E-state index contributed by atoms with van der Waals surface area (Å²) in [5, 5.41) is 5.41. The summed E-state index contributed by atoms with van der Waals surface area (Å²) in [6, 6.07) is 0.987. The SMILES string of the molecule is CC(=O)Nc1nc(CN(C)C2CCC(N)CC2)cs1. The Labute approximate surface area is 118 Å². The zero-order valence-electron chi connectivity index (χ0n) is 11.6. The summed E-state index contributed by atoms with van der Waals surface area (Å²) in [4.78, 5) is 17.7. The van der Waals surface area contributed by atoms with Gasteiger partial charge in [0.1, 0.15) is 0 Å². The van der Waals surface area contributed by atoms with E-state index in [2.05, 4.69) is 22.2 Å². The average molecular weight is 282 g/mol. The fraction of sp³-hybridized carbons (Fsp3) is 0.692. The number of thiazole rings is 1. The molecule has 0 aromatic carbocycles. The Bertz CT molecular complexity index is 426. The van der Waals surface area contributed by atoms with Gasteiger partial charge < -0.3 is 11.1 Å². The van der Waals surface area contributed by atoms with Gasteiger partial charge in [-0.2, -0.15) is 0 Å². The smallest absolute Gasteiger partial charge is 0.223 e. The fourth-order valence-electron chi connectivity index (χ4n) is 2.51. The molecule has 1 heterocycles. The van der Waals surface area contributed by atoms with Crippen molar-refractivity contribution in [3.05, 3.63) is 11.1 Å². The molecule has 1 aliphatic carbocycles. The highest BCUT2D eigenvalue weighted by atomic mass is 32.1. The minimum absolute atomic E-state index is 0.0736. The van der Waals surface area contributed by atoms with Gasteiger partial charge in [-0.25, -0.2) is 4.98 Å². The molecule has 1 aromatic heterocycles. The van der Waals surface area contributed by atoms with Crippen molar-refractivity contribution >= 4 is 22.4 Å². The van der Waals surface area contributed by atoms with Crippen LogP contribution in [-0.4, -0.2) is 34.9 Å². The topological polar surface area (TPSA) is 71.2 Å². The Morgan fingerprint density at radius 1 is 1.53 bits per heavy atom. The van der Waals surface area contributed by atoms with Crippen molar-refractivity contribution in [3.8, 4) is 0 Å². The first kappa shape index (κ1) is 14.4. The van der Waals surface area contributed by atoms with Gasteiger partial charge in [0.2, 0.25) is 5.91 Å². The van der Waals surface area contributed by atoms with Crippen molar-refractivity contribution in [2.75, 3.05) is 12.4 Å². The molecule has 6 heteroatoms. The number of aromatic nitrogens is 1. The number of nitrogens with one attached hydrogen (secondary N) is 1. The molecule has 1 aromatic rings. The van der Waals surface area contributed by atoms with Crippen LogP contribution >= 0.6 is 11.3 Å². The summed E-state index contributed by atoms with van der Waals surface area (Å²) in [5.41, 5.74) is 6.95. The number of hydrogen-bond acceptors (Lipinski definition) is 5. The lowest BCUT2D eigenvalue weighted by Gasteiger charge is -2.33. The molecule has 0 radical (unpaired) electrons. The van der Waals surface area contributed by atoms with Crippen molar-refractivity contribution in [3.63, 3.8) is 0 Å². The Hall–Kier alpha value is -0.980. The van der Waals surface area contributed by atoms with Gasteiger partial charge in [0.15, 0.2) is 5.13 Å². The lowest BCUT2D eigenvalue weighted by atomic mass is 9.91. The van der Waals surface area contributed by atoms with Crippen LogP contribution in [0.25, 0.3) is 0 Å². The molecule has 0 bridgehead atoms. The third-order valence-electron chi connectivity index (χ3n) is 3.61. The number of amides is 1. The number of nitrogens with two attached hydrogens (primary N) is 1. The van der Waals surface area contributed by atoms with E-state index < -0.39 is 0 Å². The number of nitrogens with zero attached hydrogens (tertiary/aromatic N) is 2. The Kier molecular flexibility index (Phi) is 4.90. The monoisotopic (exact) mass is 282 g/mol. The van der Waals surface area contributed by atoms with Crippen LogP contribution < -0.4 is 11.1 Å². The maximum Gasteiger partial charge on any atom is 0.223 e. The molecule has 1 aliphatic rings. The van der Waals surface area contributed by atoms with Crippen LogP contribution in [-0.2, 0) is 11.3 Å². The van der Waals surface area contributed by atoms with Crippen LogP contribution in [0.2, 0.25) is 0 Å². The summed E-state index contributed by atoms with van der Waals surface area (Å²) >= 11 is 1.48. The molecule has 1 fully saturated rings. The number of rotatable bonds is 4. The Morgan fingerprint density at radius 2 is 2.21 bits per heavy atom. The lowest BCUT2D eigenvalue weighted by Crippen LogP contribution is -2.38. The summed E-state index contributed by atoms with van der Waals surface area (Å²) < 4.78 is 0. The average Bonchev–Trinajstić information content (AvgIpc) is 2.76. The number of carbonyl (C=O) groups is 1. The van der Waals surface area contributed by atoms with Crippen molar-refractivity contribution in [1.29, 1.82) is 0 Å². The standard InChI is InChI=1S/C13H22N4OS/c1-9(18)15-13-16-11(8-19-13)7-17(2)12-5-3-10(14)4-6-12/h8,10,12H,3-7,14H2,1-2H3,(H,15,16,18). The summed E-state index contributed by atoms with van der Waals surface area (Å²) in [6.45, 7) is 2.33. The Balaban J connectivity index is 1.86. The van der Waals surface area contributed by atoms with Crippen LogP contribution in [0, 0.1) is 0 Å². The lowest BCUT2D eigenvalue weighted by molar-refractivity contribution is -0.114. The summed E-state index contributed by atoms with van der Waals surface area (Å²) in [5.74, 6) is -0.0736. The highest BCUT2D eigenvalue weighted by molar-refractivity contribution is 7.13. The molecule has 3 N–H and O–H groups in total. The minimum atomic E-state index is -0.0736. The number of anilines is 1. The van der Waals surface area contributed by atoms with Crippen molar-refractivity contribution in [2.24, 2.45) is 5.73 Å². The van der Waals surface area contributed by atoms with E-state index in [1.807, 2.05) is 5.38 Å². The maximum atomic E-state index is 11.0. The molecule has 5 nitrogen and oxygen atoms in total. The maximum absolute atomic E-state index is 11.0. The van der Waals surface area contributed by atoms with Gasteiger partial charge in [0, 0.05) is 30.9 Å². The molecule has 0 atom stereocenters. The van der Waals surface area contributed by atoms with Gasteiger partial charge in [-0.1, -0.05) is 0 Å². The number of carbonyl (C=O) groups excluding carboxylic acids is 1. The zero-order valence-corrected chi connectivity index (χ0v) is 12.4. The van der Waals surface area contributed by atoms with Crippen LogP contribution in [0.1, 0.15) is 38.3 Å². The third-order valence-corrected chi connectivity index (χ3v) is 4.42. The van der Waals surface area contributed by atoms with Crippen LogP contribution in [0.4, 0.5) is 5.13 Å². The molecular weight excluding hydrogens is 260 g/mol. The molecule has 1 amide bonds. The molecule has 0 spiro atoms. The van der Waals surface area contributed by atoms with Gasteiger partial charge >= 0.3 is 0 Å². The van der Waals surface area contributed by atoms with Crippen molar-refractivity contribution < 1.29 is 4.79 Å². The predicted octanol–water partition coefficient (Wildman–Crippen LogP) is 1.80. The van der Waals surface area contributed by atoms with E-state index in [1.165, 1.54) is 31.1 Å². The highest BCUT2D eigenvalue weighted by Gasteiger charge is 2.22. The molecular formula is C13H22N4OS. The van der Waals surface area contributed by atoms with E-state index >= 15 is 0 Å². The second-order valence-corrected chi connectivity index (χ2v) is 6.17. The van der Waals surface area contributed by atoms with Crippen LogP contribution in [0.5, 0.6) is 0 Å². The molecule has 1 saturated carbocycles. The van der Waals surface area contributed by atoms with E-state index in [1.54, 1.807) is 0 Å². The Morgan fingerprint density at radius 3 is 2.84 bits per heavy atom. The molecule has 0 aliphatic heterocycles. The molecule has 2 rings (SSSR count). The fourth-order valence-corrected chi connectivity index (χ4v) is 3.26. The largest absolute Gasteiger partial charge is 0.328 e. The minimum Gasteiger partial charge on any atom is -0.328 e. The van der Waals surface area contributed by atoms with Crippen LogP contribution in [0.3, 0.4) is 0 Å². The highest BCUT2D eigenvalue weighted by Crippen LogP contribution is 2.23. The van der Waals surface area contributed by atoms with E-state index in [9.17, 15) is 4.79 Å². The van der Waals surface area contributed by atoms with Crippen LogP contribution in [0.15, 0.2) is 5.38 Å². The normalized spacial score (nSPS) is 23.6. The molecule has 19 heavy (non-hydrogen) atoms. The van der Waals surface area contributed by atoms with E-state index in [0.29, 0.717) is 17.2 Å². The van der Waals surface area contributed by atoms with E-state index in [-0.39, 0.29) is 5.91 Å². The van der Waals surface area contributed by atoms with Crippen molar-refractivity contribution in [2.45, 2.75) is 51.2 Å². The number of hydrogen-bond donors (Lipinski definition) is 2. The second kappa shape index (κ2) is 6.45. The quantitative estimate of drug-likeness (QED) is 0.883. The van der Waals surface area contributed by atoms with E-state index in [0.717, 1.165) is 25.1 Å². The van der Waals surface area contributed by atoms with E-state index in [4.69, 9.17) is 5.73 Å². The summed E-state index contributed by atoms with van der Waals surface area (Å²) in [6.07, 6.45) is 4.56. The molecule has 0 saturated heterocycles. The first-order valence-electron chi connectivity index (χ1n) is 6.72. The van der Waals surface area contributed by atoms with Gasteiger partial charge in [-0.05, 0) is 32.7 Å². The van der Waals surface area contributed by atoms with Gasteiger partial charge in [0.05, 0.1) is 5.69 Å². The summed E-state index contributed by atoms with van der Waals surface area (Å²) in [7, 11) is 2.14. The van der Waals surface area contributed by atoms with Gasteiger partial charge in [-0.15, -0.1) is 11.3 Å². The van der Waals surface area contributed by atoms with Gasteiger partial charge in [0.25, 0.3) is 0 Å².